The molecular weight excluding hydrogens is 408 g/mol. The van der Waals surface area contributed by atoms with Crippen molar-refractivity contribution in [1.82, 2.24) is 0 Å². The van der Waals surface area contributed by atoms with Gasteiger partial charge < -0.3 is 9.47 Å². The third-order valence-corrected chi connectivity index (χ3v) is 4.05. The number of alkyl halides is 3. The number of halogens is 5. The molecule has 0 bridgehead atoms. The molecule has 144 valence electrons. The highest BCUT2D eigenvalue weighted by Gasteiger charge is 2.53. The molecule has 0 radical (unpaired) electrons. The lowest BCUT2D eigenvalue weighted by Crippen LogP contribution is -2.46. The molecule has 0 amide bonds. The van der Waals surface area contributed by atoms with Gasteiger partial charge in [0.05, 0.1) is 6.61 Å². The molecular formula is C18H13Cl2F3O4. The Morgan fingerprint density at radius 3 is 1.59 bits per heavy atom. The van der Waals surface area contributed by atoms with Crippen molar-refractivity contribution in [2.45, 2.75) is 18.7 Å². The summed E-state index contributed by atoms with van der Waals surface area (Å²) in [7, 11) is 0. The molecule has 0 fully saturated rings. The quantitative estimate of drug-likeness (QED) is 0.645. The average molecular weight is 421 g/mol. The lowest BCUT2D eigenvalue weighted by Gasteiger charge is -2.32. The number of rotatable bonds is 5. The number of carbonyl (C=O) groups is 2. The second-order valence-electron chi connectivity index (χ2n) is 5.30. The first kappa shape index (κ1) is 21.1. The molecule has 2 aromatic carbocycles. The Labute approximate surface area is 162 Å². The Hall–Kier alpha value is -2.25. The standard InChI is InChI=1S/C18H13Cl2F3O4/c1-2-26-15(24)17(27-16(25)18(21,22)23,11-3-7-13(19)8-4-11)12-5-9-14(20)10-6-12/h3-10H,2H2,1H3. The molecule has 4 nitrogen and oxygen atoms in total. The number of carbonyl (C=O) groups excluding carboxylic acids is 2. The summed E-state index contributed by atoms with van der Waals surface area (Å²) in [5, 5.41) is 0.546. The maximum absolute atomic E-state index is 12.9. The fourth-order valence-electron chi connectivity index (χ4n) is 2.36. The van der Waals surface area contributed by atoms with Gasteiger partial charge in [-0.2, -0.15) is 13.2 Å². The number of ether oxygens (including phenoxy) is 2. The number of hydrogen-bond donors (Lipinski definition) is 0. The maximum atomic E-state index is 12.9. The maximum Gasteiger partial charge on any atom is 0.490 e. The molecule has 27 heavy (non-hydrogen) atoms. The van der Waals surface area contributed by atoms with Gasteiger partial charge in [0.25, 0.3) is 5.60 Å². The van der Waals surface area contributed by atoms with Crippen LogP contribution in [0.15, 0.2) is 48.5 Å². The van der Waals surface area contributed by atoms with E-state index in [4.69, 9.17) is 32.7 Å². The van der Waals surface area contributed by atoms with Crippen LogP contribution >= 0.6 is 23.2 Å². The van der Waals surface area contributed by atoms with Crippen molar-refractivity contribution in [2.75, 3.05) is 6.61 Å². The largest absolute Gasteiger partial charge is 0.490 e. The predicted octanol–water partition coefficient (Wildman–Crippen LogP) is 4.91. The lowest BCUT2D eigenvalue weighted by atomic mass is 9.86. The van der Waals surface area contributed by atoms with Gasteiger partial charge in [-0.1, -0.05) is 47.5 Å². The fraction of sp³-hybridized carbons (Fsp3) is 0.222. The highest BCUT2D eigenvalue weighted by Crippen LogP contribution is 2.38. The molecule has 2 aromatic rings. The molecule has 0 saturated heterocycles. The topological polar surface area (TPSA) is 52.6 Å². The van der Waals surface area contributed by atoms with E-state index in [2.05, 4.69) is 0 Å². The van der Waals surface area contributed by atoms with Crippen LogP contribution in [0.2, 0.25) is 10.0 Å². The molecule has 0 aliphatic heterocycles. The normalized spacial score (nSPS) is 11.8. The minimum atomic E-state index is -5.32. The van der Waals surface area contributed by atoms with E-state index < -0.39 is 23.7 Å². The summed E-state index contributed by atoms with van der Waals surface area (Å²) in [5.41, 5.74) is -2.62. The summed E-state index contributed by atoms with van der Waals surface area (Å²) in [6.07, 6.45) is -5.32. The second-order valence-corrected chi connectivity index (χ2v) is 6.18. The first-order valence-electron chi connectivity index (χ1n) is 7.60. The molecule has 0 unspecified atom stereocenters. The monoisotopic (exact) mass is 420 g/mol. The number of hydrogen-bond acceptors (Lipinski definition) is 4. The van der Waals surface area contributed by atoms with Crippen LogP contribution < -0.4 is 0 Å². The van der Waals surface area contributed by atoms with Crippen molar-refractivity contribution in [2.24, 2.45) is 0 Å². The number of esters is 2. The summed E-state index contributed by atoms with van der Waals surface area (Å²) in [6, 6.07) is 10.5. The van der Waals surface area contributed by atoms with E-state index in [9.17, 15) is 22.8 Å². The molecule has 0 saturated carbocycles. The van der Waals surface area contributed by atoms with Crippen LogP contribution in [0.25, 0.3) is 0 Å². The zero-order valence-electron chi connectivity index (χ0n) is 13.8. The molecule has 2 rings (SSSR count). The van der Waals surface area contributed by atoms with E-state index in [-0.39, 0.29) is 27.8 Å². The van der Waals surface area contributed by atoms with Crippen molar-refractivity contribution >= 4 is 35.1 Å². The summed E-state index contributed by atoms with van der Waals surface area (Å²) in [4.78, 5) is 24.4. The van der Waals surface area contributed by atoms with Crippen LogP contribution in [-0.4, -0.2) is 24.7 Å². The van der Waals surface area contributed by atoms with Gasteiger partial charge in [0.2, 0.25) is 0 Å². The van der Waals surface area contributed by atoms with Gasteiger partial charge in [-0.05, 0) is 31.2 Å². The Kier molecular flexibility index (Phi) is 6.38. The number of benzene rings is 2. The van der Waals surface area contributed by atoms with E-state index in [0.717, 1.165) is 0 Å². The van der Waals surface area contributed by atoms with E-state index in [1.807, 2.05) is 0 Å². The summed E-state index contributed by atoms with van der Waals surface area (Å²) >= 11 is 11.7. The van der Waals surface area contributed by atoms with Crippen molar-refractivity contribution in [1.29, 1.82) is 0 Å². The zero-order valence-corrected chi connectivity index (χ0v) is 15.4. The lowest BCUT2D eigenvalue weighted by molar-refractivity contribution is -0.216. The summed E-state index contributed by atoms with van der Waals surface area (Å²) < 4.78 is 48.4. The van der Waals surface area contributed by atoms with E-state index >= 15 is 0 Å². The Balaban J connectivity index is 2.75. The fourth-order valence-corrected chi connectivity index (χ4v) is 2.61. The van der Waals surface area contributed by atoms with Crippen LogP contribution in [0.4, 0.5) is 13.2 Å². The molecule has 0 N–H and O–H groups in total. The minimum Gasteiger partial charge on any atom is -0.462 e. The van der Waals surface area contributed by atoms with Gasteiger partial charge >= 0.3 is 18.1 Å². The minimum absolute atomic E-state index is 0.0646. The van der Waals surface area contributed by atoms with Crippen molar-refractivity contribution < 1.29 is 32.2 Å². The van der Waals surface area contributed by atoms with Crippen LogP contribution in [0.1, 0.15) is 18.1 Å². The Bertz CT molecular complexity index is 772. The molecule has 0 aliphatic rings. The first-order chi connectivity index (χ1) is 12.6. The average Bonchev–Trinajstić information content (AvgIpc) is 2.60. The summed E-state index contributed by atoms with van der Waals surface area (Å²) in [6.45, 7) is 1.32. The van der Waals surface area contributed by atoms with Crippen molar-refractivity contribution in [3.8, 4) is 0 Å². The van der Waals surface area contributed by atoms with E-state index in [1.54, 1.807) is 0 Å². The molecule has 0 heterocycles. The third kappa shape index (κ3) is 4.54. The van der Waals surface area contributed by atoms with Crippen LogP contribution in [-0.2, 0) is 24.7 Å². The highest BCUT2D eigenvalue weighted by atomic mass is 35.5. The van der Waals surface area contributed by atoms with E-state index in [0.29, 0.717) is 0 Å². The Morgan fingerprint density at radius 2 is 1.26 bits per heavy atom. The Morgan fingerprint density at radius 1 is 0.852 bits per heavy atom. The van der Waals surface area contributed by atoms with Crippen LogP contribution in [0.3, 0.4) is 0 Å². The van der Waals surface area contributed by atoms with Gasteiger partial charge in [-0.15, -0.1) is 0 Å². The third-order valence-electron chi connectivity index (χ3n) is 3.54. The molecule has 9 heteroatoms. The second kappa shape index (κ2) is 8.19. The van der Waals surface area contributed by atoms with Crippen LogP contribution in [0, 0.1) is 0 Å². The smallest absolute Gasteiger partial charge is 0.462 e. The van der Waals surface area contributed by atoms with Gasteiger partial charge in [0.15, 0.2) is 0 Å². The zero-order chi connectivity index (χ0) is 20.2. The van der Waals surface area contributed by atoms with Gasteiger partial charge in [-0.3, -0.25) is 0 Å². The molecule has 0 aromatic heterocycles. The van der Waals surface area contributed by atoms with E-state index in [1.165, 1.54) is 55.5 Å². The van der Waals surface area contributed by atoms with Gasteiger partial charge in [-0.25, -0.2) is 9.59 Å². The molecule has 0 atom stereocenters. The van der Waals surface area contributed by atoms with Gasteiger partial charge in [0, 0.05) is 21.2 Å². The highest BCUT2D eigenvalue weighted by molar-refractivity contribution is 6.30. The van der Waals surface area contributed by atoms with Crippen LogP contribution in [0.5, 0.6) is 0 Å². The molecule has 0 aliphatic carbocycles. The SMILES string of the molecule is CCOC(=O)C(OC(=O)C(F)(F)F)(c1ccc(Cl)cc1)c1ccc(Cl)cc1. The van der Waals surface area contributed by atoms with Crippen molar-refractivity contribution in [3.05, 3.63) is 69.7 Å². The van der Waals surface area contributed by atoms with Crippen molar-refractivity contribution in [3.63, 3.8) is 0 Å². The molecule has 0 spiro atoms. The first-order valence-corrected chi connectivity index (χ1v) is 8.36. The summed E-state index contributed by atoms with van der Waals surface area (Å²) in [5.74, 6) is -3.73. The van der Waals surface area contributed by atoms with Gasteiger partial charge in [0.1, 0.15) is 0 Å². The predicted molar refractivity (Wildman–Crippen MR) is 92.5 cm³/mol.